The lowest BCUT2D eigenvalue weighted by Gasteiger charge is -2.32. The molecule has 3 N–H and O–H groups in total. The Morgan fingerprint density at radius 1 is 1.52 bits per heavy atom. The summed E-state index contributed by atoms with van der Waals surface area (Å²) in [6.07, 6.45) is 4.98. The highest BCUT2D eigenvalue weighted by Gasteiger charge is 2.25. The molecule has 1 aromatic rings. The van der Waals surface area contributed by atoms with Crippen molar-refractivity contribution in [2.24, 2.45) is 11.1 Å². The molecule has 1 unspecified atom stereocenters. The number of hydrogen-bond donors (Lipinski definition) is 2. The third kappa shape index (κ3) is 4.76. The number of piperidine rings is 1. The molecule has 1 aliphatic heterocycles. The summed E-state index contributed by atoms with van der Waals surface area (Å²) in [5, 5.41) is 4.93. The Hall–Kier alpha value is -1.51. The summed E-state index contributed by atoms with van der Waals surface area (Å²) in [6, 6.07) is 1.81. The number of hydrogen-bond acceptors (Lipinski definition) is 4. The Kier molecular flexibility index (Phi) is 4.92. The van der Waals surface area contributed by atoms with Gasteiger partial charge in [0.25, 0.3) is 16.1 Å². The van der Waals surface area contributed by atoms with Crippen LogP contribution in [-0.4, -0.2) is 43.8 Å². The first-order chi connectivity index (χ1) is 9.85. The van der Waals surface area contributed by atoms with Gasteiger partial charge in [-0.25, -0.2) is 9.86 Å². The lowest BCUT2D eigenvalue weighted by Crippen LogP contribution is -2.44. The van der Waals surface area contributed by atoms with Crippen LogP contribution in [-0.2, 0) is 10.2 Å². The van der Waals surface area contributed by atoms with Gasteiger partial charge in [-0.15, -0.1) is 0 Å². The molecule has 1 aromatic heterocycles. The van der Waals surface area contributed by atoms with Crippen molar-refractivity contribution in [3.05, 3.63) is 29.6 Å². The third-order valence-electron chi connectivity index (χ3n) is 3.50. The number of carbonyl (C=O) groups excluding carboxylic acids is 1. The van der Waals surface area contributed by atoms with Gasteiger partial charge >= 0.3 is 0 Å². The zero-order valence-electron chi connectivity index (χ0n) is 11.9. The molecule has 0 aromatic carbocycles. The van der Waals surface area contributed by atoms with E-state index in [1.165, 1.54) is 0 Å². The largest absolute Gasteiger partial charge is 0.338 e. The number of nitrogens with one attached hydrogen (secondary N) is 1. The average Bonchev–Trinajstić information content (AvgIpc) is 2.44. The molecular formula is C13H20N4O3S. The average molecular weight is 312 g/mol. The molecule has 21 heavy (non-hydrogen) atoms. The van der Waals surface area contributed by atoms with Gasteiger partial charge in [0, 0.05) is 32.0 Å². The molecule has 1 atom stereocenters. The number of likely N-dealkylation sites (tertiary alicyclic amines) is 1. The minimum Gasteiger partial charge on any atom is -0.338 e. The zero-order chi connectivity index (χ0) is 15.5. The third-order valence-corrected chi connectivity index (χ3v) is 4.07. The van der Waals surface area contributed by atoms with E-state index in [9.17, 15) is 13.2 Å². The van der Waals surface area contributed by atoms with E-state index in [2.05, 4.69) is 9.71 Å². The van der Waals surface area contributed by atoms with Crippen molar-refractivity contribution in [3.8, 4) is 0 Å². The predicted molar refractivity (Wildman–Crippen MR) is 78.7 cm³/mol. The fraction of sp³-hybridized carbons (Fsp3) is 0.538. The Morgan fingerprint density at radius 2 is 2.29 bits per heavy atom. The normalized spacial score (nSPS) is 19.5. The van der Waals surface area contributed by atoms with Gasteiger partial charge < -0.3 is 4.90 Å². The van der Waals surface area contributed by atoms with Crippen LogP contribution in [0.1, 0.15) is 28.8 Å². The fourth-order valence-corrected chi connectivity index (χ4v) is 2.97. The van der Waals surface area contributed by atoms with E-state index in [1.54, 1.807) is 17.3 Å². The second-order valence-electron chi connectivity index (χ2n) is 5.40. The molecule has 2 heterocycles. The number of rotatable bonds is 4. The summed E-state index contributed by atoms with van der Waals surface area (Å²) in [5.74, 6) is 0.0188. The summed E-state index contributed by atoms with van der Waals surface area (Å²) in [5.41, 5.74) is 1.50. The number of carbonyl (C=O) groups is 1. The molecule has 8 heteroatoms. The van der Waals surface area contributed by atoms with Crippen molar-refractivity contribution < 1.29 is 13.2 Å². The van der Waals surface area contributed by atoms with Crippen LogP contribution in [0.5, 0.6) is 0 Å². The van der Waals surface area contributed by atoms with Crippen LogP contribution in [0.2, 0.25) is 0 Å². The van der Waals surface area contributed by atoms with E-state index in [0.717, 1.165) is 18.4 Å². The minimum atomic E-state index is -3.68. The van der Waals surface area contributed by atoms with Gasteiger partial charge in [0.1, 0.15) is 0 Å². The summed E-state index contributed by atoms with van der Waals surface area (Å²) < 4.78 is 24.2. The number of aromatic nitrogens is 1. The SMILES string of the molecule is Cc1cncc(C(=O)N2CCCC(CNS(N)(=O)=O)C2)c1. The van der Waals surface area contributed by atoms with Gasteiger partial charge in [0.15, 0.2) is 0 Å². The van der Waals surface area contributed by atoms with Crippen LogP contribution in [0.15, 0.2) is 18.5 Å². The first-order valence-corrected chi connectivity index (χ1v) is 8.38. The molecule has 1 amide bonds. The van der Waals surface area contributed by atoms with E-state index in [0.29, 0.717) is 18.7 Å². The lowest BCUT2D eigenvalue weighted by molar-refractivity contribution is 0.0676. The number of pyridine rings is 1. The Bertz CT molecular complexity index is 618. The van der Waals surface area contributed by atoms with Crippen LogP contribution in [0, 0.1) is 12.8 Å². The highest BCUT2D eigenvalue weighted by Crippen LogP contribution is 2.18. The van der Waals surface area contributed by atoms with E-state index >= 15 is 0 Å². The molecule has 2 rings (SSSR count). The summed E-state index contributed by atoms with van der Waals surface area (Å²) in [6.45, 7) is 3.35. The summed E-state index contributed by atoms with van der Waals surface area (Å²) in [7, 11) is -3.68. The lowest BCUT2D eigenvalue weighted by atomic mass is 9.97. The van der Waals surface area contributed by atoms with E-state index < -0.39 is 10.2 Å². The molecule has 0 saturated carbocycles. The Morgan fingerprint density at radius 3 is 2.95 bits per heavy atom. The van der Waals surface area contributed by atoms with E-state index in [4.69, 9.17) is 5.14 Å². The number of aryl methyl sites for hydroxylation is 1. The first-order valence-electron chi connectivity index (χ1n) is 6.83. The maximum atomic E-state index is 12.4. The van der Waals surface area contributed by atoms with Crippen molar-refractivity contribution in [1.29, 1.82) is 0 Å². The van der Waals surface area contributed by atoms with Crippen LogP contribution < -0.4 is 9.86 Å². The quantitative estimate of drug-likeness (QED) is 0.818. The molecule has 0 spiro atoms. The van der Waals surface area contributed by atoms with Crippen LogP contribution in [0.25, 0.3) is 0 Å². The molecule has 116 valence electrons. The van der Waals surface area contributed by atoms with Crippen LogP contribution in [0.4, 0.5) is 0 Å². The second-order valence-corrected chi connectivity index (χ2v) is 6.78. The van der Waals surface area contributed by atoms with E-state index in [1.807, 2.05) is 13.0 Å². The maximum Gasteiger partial charge on any atom is 0.274 e. The molecule has 1 fully saturated rings. The zero-order valence-corrected chi connectivity index (χ0v) is 12.8. The minimum absolute atomic E-state index is 0.0634. The number of nitrogens with two attached hydrogens (primary N) is 1. The van der Waals surface area contributed by atoms with Gasteiger partial charge in [0.2, 0.25) is 0 Å². The molecule has 1 aliphatic rings. The summed E-state index contributed by atoms with van der Waals surface area (Å²) in [4.78, 5) is 18.2. The maximum absolute atomic E-state index is 12.4. The van der Waals surface area contributed by atoms with E-state index in [-0.39, 0.29) is 18.4 Å². The topological polar surface area (TPSA) is 105 Å². The van der Waals surface area contributed by atoms with Crippen molar-refractivity contribution in [2.75, 3.05) is 19.6 Å². The second kappa shape index (κ2) is 6.50. The molecule has 0 radical (unpaired) electrons. The Labute approximate surface area is 124 Å². The molecule has 7 nitrogen and oxygen atoms in total. The van der Waals surface area contributed by atoms with Gasteiger partial charge in [-0.2, -0.15) is 8.42 Å². The predicted octanol–water partition coefficient (Wildman–Crippen LogP) is 0.0353. The monoisotopic (exact) mass is 312 g/mol. The highest BCUT2D eigenvalue weighted by molar-refractivity contribution is 7.87. The van der Waals surface area contributed by atoms with Gasteiger partial charge in [-0.05, 0) is 37.3 Å². The smallest absolute Gasteiger partial charge is 0.274 e. The van der Waals surface area contributed by atoms with Crippen molar-refractivity contribution in [3.63, 3.8) is 0 Å². The van der Waals surface area contributed by atoms with Crippen molar-refractivity contribution in [1.82, 2.24) is 14.6 Å². The first kappa shape index (κ1) is 15.9. The molecular weight excluding hydrogens is 292 g/mol. The number of amides is 1. The summed E-state index contributed by atoms with van der Waals surface area (Å²) >= 11 is 0. The van der Waals surface area contributed by atoms with Gasteiger partial charge in [-0.1, -0.05) is 0 Å². The van der Waals surface area contributed by atoms with Gasteiger partial charge in [-0.3, -0.25) is 9.78 Å². The molecule has 0 bridgehead atoms. The Balaban J connectivity index is 1.99. The van der Waals surface area contributed by atoms with Crippen LogP contribution in [0.3, 0.4) is 0 Å². The number of nitrogens with zero attached hydrogens (tertiary/aromatic N) is 2. The van der Waals surface area contributed by atoms with Gasteiger partial charge in [0.05, 0.1) is 5.56 Å². The highest BCUT2D eigenvalue weighted by atomic mass is 32.2. The fourth-order valence-electron chi connectivity index (χ4n) is 2.50. The van der Waals surface area contributed by atoms with Crippen LogP contribution >= 0.6 is 0 Å². The van der Waals surface area contributed by atoms with Crippen molar-refractivity contribution >= 4 is 16.1 Å². The molecule has 1 saturated heterocycles. The standard InChI is InChI=1S/C13H20N4O3S/c1-10-5-12(8-15-6-10)13(18)17-4-2-3-11(9-17)7-16-21(14,19)20/h5-6,8,11,16H,2-4,7,9H2,1H3,(H2,14,19,20). The molecule has 0 aliphatic carbocycles. The van der Waals surface area contributed by atoms with Crippen molar-refractivity contribution in [2.45, 2.75) is 19.8 Å².